The summed E-state index contributed by atoms with van der Waals surface area (Å²) in [7, 11) is 0. The van der Waals surface area contributed by atoms with Crippen molar-refractivity contribution in [3.63, 3.8) is 0 Å². The fourth-order valence-electron chi connectivity index (χ4n) is 2.10. The first kappa shape index (κ1) is 12.4. The van der Waals surface area contributed by atoms with Crippen LogP contribution in [0.15, 0.2) is 53.7 Å². The van der Waals surface area contributed by atoms with Gasteiger partial charge in [0, 0.05) is 5.56 Å². The maximum absolute atomic E-state index is 11.9. The van der Waals surface area contributed by atoms with Crippen molar-refractivity contribution in [2.45, 2.75) is 13.5 Å². The molecule has 0 aromatic heterocycles. The van der Waals surface area contributed by atoms with Gasteiger partial charge in [-0.1, -0.05) is 47.1 Å². The van der Waals surface area contributed by atoms with E-state index in [2.05, 4.69) is 10.5 Å². The van der Waals surface area contributed by atoms with E-state index in [1.807, 2.05) is 55.5 Å². The average molecular weight is 266 g/mol. The molecule has 0 fully saturated rings. The first-order valence-electron chi connectivity index (χ1n) is 6.40. The second kappa shape index (κ2) is 5.17. The van der Waals surface area contributed by atoms with Gasteiger partial charge in [0.05, 0.1) is 5.69 Å². The van der Waals surface area contributed by atoms with Crippen molar-refractivity contribution in [1.82, 2.24) is 0 Å². The van der Waals surface area contributed by atoms with Crippen LogP contribution in [0.3, 0.4) is 0 Å². The summed E-state index contributed by atoms with van der Waals surface area (Å²) in [5, 5.41) is 6.76. The van der Waals surface area contributed by atoms with E-state index in [1.54, 1.807) is 0 Å². The van der Waals surface area contributed by atoms with Gasteiger partial charge in [0.2, 0.25) is 0 Å². The van der Waals surface area contributed by atoms with Gasteiger partial charge in [-0.05, 0) is 24.6 Å². The lowest BCUT2D eigenvalue weighted by molar-refractivity contribution is -0.110. The van der Waals surface area contributed by atoms with Crippen LogP contribution in [0.4, 0.5) is 5.69 Å². The van der Waals surface area contributed by atoms with E-state index in [4.69, 9.17) is 4.84 Å². The second-order valence-corrected chi connectivity index (χ2v) is 4.70. The summed E-state index contributed by atoms with van der Waals surface area (Å²) in [5.41, 5.74) is 4.00. The fraction of sp³-hybridized carbons (Fsp3) is 0.125. The smallest absolute Gasteiger partial charge is 0.278 e. The summed E-state index contributed by atoms with van der Waals surface area (Å²) < 4.78 is 0. The topological polar surface area (TPSA) is 50.7 Å². The Labute approximate surface area is 117 Å². The summed E-state index contributed by atoms with van der Waals surface area (Å²) in [6, 6.07) is 15.5. The zero-order valence-electron chi connectivity index (χ0n) is 11.1. The van der Waals surface area contributed by atoms with E-state index in [0.717, 1.165) is 22.4 Å². The largest absolute Gasteiger partial charge is 0.390 e. The van der Waals surface area contributed by atoms with Crippen molar-refractivity contribution in [2.75, 3.05) is 5.32 Å². The zero-order chi connectivity index (χ0) is 13.9. The number of oxime groups is 1. The molecule has 0 unspecified atom stereocenters. The number of fused-ring (bicyclic) bond motifs is 1. The molecule has 2 aromatic carbocycles. The van der Waals surface area contributed by atoms with Gasteiger partial charge in [-0.15, -0.1) is 0 Å². The first-order valence-corrected chi connectivity index (χ1v) is 6.40. The monoisotopic (exact) mass is 266 g/mol. The lowest BCUT2D eigenvalue weighted by Gasteiger charge is -2.01. The number of rotatable bonds is 3. The Bertz CT molecular complexity index is 678. The molecule has 0 aliphatic carbocycles. The lowest BCUT2D eigenvalue weighted by Crippen LogP contribution is -2.14. The molecule has 0 atom stereocenters. The van der Waals surface area contributed by atoms with Gasteiger partial charge < -0.3 is 10.2 Å². The van der Waals surface area contributed by atoms with E-state index in [9.17, 15) is 4.79 Å². The highest BCUT2D eigenvalue weighted by Crippen LogP contribution is 2.24. The van der Waals surface area contributed by atoms with Crippen molar-refractivity contribution < 1.29 is 9.63 Å². The third-order valence-corrected chi connectivity index (χ3v) is 3.12. The highest BCUT2D eigenvalue weighted by Gasteiger charge is 2.26. The normalized spacial score (nSPS) is 15.1. The molecule has 0 radical (unpaired) electrons. The number of hydrogen-bond donors (Lipinski definition) is 1. The third kappa shape index (κ3) is 2.40. The summed E-state index contributed by atoms with van der Waals surface area (Å²) in [4.78, 5) is 17.2. The van der Waals surface area contributed by atoms with Crippen LogP contribution in [0.5, 0.6) is 0 Å². The first-order chi connectivity index (χ1) is 9.74. The Balaban J connectivity index is 1.79. The summed E-state index contributed by atoms with van der Waals surface area (Å²) >= 11 is 0. The summed E-state index contributed by atoms with van der Waals surface area (Å²) in [6.45, 7) is 2.32. The highest BCUT2D eigenvalue weighted by molar-refractivity contribution is 6.53. The number of amides is 1. The molecule has 1 aliphatic heterocycles. The molecule has 1 amide bonds. The van der Waals surface area contributed by atoms with Crippen molar-refractivity contribution in [3.05, 3.63) is 65.2 Å². The van der Waals surface area contributed by atoms with Gasteiger partial charge >= 0.3 is 0 Å². The van der Waals surface area contributed by atoms with E-state index in [-0.39, 0.29) is 5.91 Å². The van der Waals surface area contributed by atoms with Crippen LogP contribution in [-0.2, 0) is 16.2 Å². The van der Waals surface area contributed by atoms with E-state index < -0.39 is 0 Å². The zero-order valence-corrected chi connectivity index (χ0v) is 11.1. The van der Waals surface area contributed by atoms with Crippen LogP contribution in [-0.4, -0.2) is 11.6 Å². The molecule has 0 bridgehead atoms. The number of aryl methyl sites for hydroxylation is 1. The molecule has 2 aromatic rings. The number of hydrogen-bond acceptors (Lipinski definition) is 3. The Kier molecular flexibility index (Phi) is 3.21. The summed E-state index contributed by atoms with van der Waals surface area (Å²) in [6.07, 6.45) is 0. The number of nitrogens with one attached hydrogen (secondary N) is 1. The molecular weight excluding hydrogens is 252 g/mol. The van der Waals surface area contributed by atoms with Gasteiger partial charge in [0.25, 0.3) is 5.91 Å². The van der Waals surface area contributed by atoms with Crippen molar-refractivity contribution >= 4 is 17.3 Å². The van der Waals surface area contributed by atoms with Crippen LogP contribution in [0.1, 0.15) is 16.7 Å². The van der Waals surface area contributed by atoms with Crippen molar-refractivity contribution in [1.29, 1.82) is 0 Å². The molecule has 3 rings (SSSR count). The van der Waals surface area contributed by atoms with Gasteiger partial charge in [0.15, 0.2) is 5.71 Å². The minimum atomic E-state index is -0.223. The van der Waals surface area contributed by atoms with E-state index in [1.165, 1.54) is 0 Å². The van der Waals surface area contributed by atoms with Crippen LogP contribution < -0.4 is 5.32 Å². The summed E-state index contributed by atoms with van der Waals surface area (Å²) in [5.74, 6) is -0.223. The molecule has 1 heterocycles. The Morgan fingerprint density at radius 2 is 1.95 bits per heavy atom. The van der Waals surface area contributed by atoms with Gasteiger partial charge in [-0.3, -0.25) is 4.79 Å². The van der Waals surface area contributed by atoms with Crippen molar-refractivity contribution in [2.24, 2.45) is 5.16 Å². The minimum Gasteiger partial charge on any atom is -0.390 e. The molecule has 100 valence electrons. The third-order valence-electron chi connectivity index (χ3n) is 3.12. The van der Waals surface area contributed by atoms with Gasteiger partial charge in [-0.25, -0.2) is 0 Å². The molecule has 0 spiro atoms. The lowest BCUT2D eigenvalue weighted by atomic mass is 10.1. The van der Waals surface area contributed by atoms with Gasteiger partial charge in [0.1, 0.15) is 6.61 Å². The molecular formula is C16H14N2O2. The molecule has 1 aliphatic rings. The molecule has 0 saturated heterocycles. The van der Waals surface area contributed by atoms with E-state index in [0.29, 0.717) is 12.3 Å². The maximum Gasteiger partial charge on any atom is 0.278 e. The molecule has 4 nitrogen and oxygen atoms in total. The van der Waals surface area contributed by atoms with Crippen molar-refractivity contribution in [3.8, 4) is 0 Å². The molecule has 4 heteroatoms. The van der Waals surface area contributed by atoms with Gasteiger partial charge in [-0.2, -0.15) is 0 Å². The Morgan fingerprint density at radius 1 is 1.15 bits per heavy atom. The Hall–Kier alpha value is -2.62. The number of benzene rings is 2. The SMILES string of the molecule is Cc1ccc2c(c1)C(=NOCc1ccccc1)C(=O)N2. The van der Waals surface area contributed by atoms with Crippen LogP contribution in [0, 0.1) is 6.92 Å². The molecule has 20 heavy (non-hydrogen) atoms. The average Bonchev–Trinajstić information content (AvgIpc) is 2.76. The fourth-order valence-corrected chi connectivity index (χ4v) is 2.10. The quantitative estimate of drug-likeness (QED) is 0.868. The highest BCUT2D eigenvalue weighted by atomic mass is 16.6. The van der Waals surface area contributed by atoms with E-state index >= 15 is 0 Å². The number of nitrogens with zero attached hydrogens (tertiary/aromatic N) is 1. The number of carbonyl (C=O) groups is 1. The minimum absolute atomic E-state index is 0.223. The van der Waals surface area contributed by atoms with Crippen LogP contribution in [0.2, 0.25) is 0 Å². The standard InChI is InChI=1S/C16H14N2O2/c1-11-7-8-14-13(9-11)15(16(19)17-14)18-20-10-12-5-3-2-4-6-12/h2-9H,10H2,1H3,(H,17,18,19). The molecule has 1 N–H and O–H groups in total. The number of carbonyl (C=O) groups excluding carboxylic acids is 1. The van der Waals surface area contributed by atoms with Crippen LogP contribution >= 0.6 is 0 Å². The number of anilines is 1. The second-order valence-electron chi connectivity index (χ2n) is 4.70. The Morgan fingerprint density at radius 3 is 2.75 bits per heavy atom. The molecule has 0 saturated carbocycles. The predicted octanol–water partition coefficient (Wildman–Crippen LogP) is 2.87. The predicted molar refractivity (Wildman–Crippen MR) is 77.6 cm³/mol. The maximum atomic E-state index is 11.9. The van der Waals surface area contributed by atoms with Crippen LogP contribution in [0.25, 0.3) is 0 Å².